The van der Waals surface area contributed by atoms with Crippen LogP contribution in [0.25, 0.3) is 0 Å². The van der Waals surface area contributed by atoms with Crippen molar-refractivity contribution >= 4 is 5.78 Å². The number of ketones is 1. The van der Waals surface area contributed by atoms with Crippen molar-refractivity contribution in [1.29, 1.82) is 0 Å². The van der Waals surface area contributed by atoms with E-state index in [0.717, 1.165) is 18.4 Å². The van der Waals surface area contributed by atoms with E-state index in [9.17, 15) is 4.79 Å². The van der Waals surface area contributed by atoms with Gasteiger partial charge < -0.3 is 0 Å². The van der Waals surface area contributed by atoms with Gasteiger partial charge in [-0.2, -0.15) is 0 Å². The third-order valence-corrected chi connectivity index (χ3v) is 3.39. The molecule has 2 aliphatic carbocycles. The third kappa shape index (κ3) is 0.902. The Labute approximate surface area is 77.8 Å². The number of benzene rings is 1. The van der Waals surface area contributed by atoms with Crippen molar-refractivity contribution in [2.75, 3.05) is 0 Å². The van der Waals surface area contributed by atoms with Crippen LogP contribution in [-0.2, 0) is 6.42 Å². The summed E-state index contributed by atoms with van der Waals surface area (Å²) in [4.78, 5) is 11.6. The highest BCUT2D eigenvalue weighted by atomic mass is 16.1. The van der Waals surface area contributed by atoms with Crippen LogP contribution in [-0.4, -0.2) is 5.78 Å². The van der Waals surface area contributed by atoms with Gasteiger partial charge in [0.15, 0.2) is 5.78 Å². The van der Waals surface area contributed by atoms with Crippen molar-refractivity contribution < 1.29 is 4.79 Å². The fourth-order valence-electron chi connectivity index (χ4n) is 2.76. The van der Waals surface area contributed by atoms with Crippen molar-refractivity contribution in [3.05, 3.63) is 34.9 Å². The van der Waals surface area contributed by atoms with Gasteiger partial charge in [-0.15, -0.1) is 0 Å². The molecule has 0 radical (unpaired) electrons. The zero-order valence-corrected chi connectivity index (χ0v) is 7.55. The molecule has 0 aliphatic heterocycles. The van der Waals surface area contributed by atoms with E-state index in [1.165, 1.54) is 24.0 Å². The molecule has 1 atom stereocenters. The van der Waals surface area contributed by atoms with Gasteiger partial charge in [-0.25, -0.2) is 0 Å². The highest BCUT2D eigenvalue weighted by Gasteiger charge is 2.31. The lowest BCUT2D eigenvalue weighted by atomic mass is 9.83. The van der Waals surface area contributed by atoms with Gasteiger partial charge in [0.25, 0.3) is 0 Å². The molecule has 0 heterocycles. The van der Waals surface area contributed by atoms with Crippen molar-refractivity contribution in [3.8, 4) is 0 Å². The second kappa shape index (κ2) is 2.44. The van der Waals surface area contributed by atoms with E-state index in [0.29, 0.717) is 11.7 Å². The highest BCUT2D eigenvalue weighted by molar-refractivity contribution is 5.99. The van der Waals surface area contributed by atoms with Crippen LogP contribution in [0.5, 0.6) is 0 Å². The van der Waals surface area contributed by atoms with Crippen LogP contribution in [0, 0.1) is 0 Å². The topological polar surface area (TPSA) is 17.1 Å². The summed E-state index contributed by atoms with van der Waals surface area (Å²) in [6.45, 7) is 0. The smallest absolute Gasteiger partial charge is 0.163 e. The molecule has 1 aromatic carbocycles. The summed E-state index contributed by atoms with van der Waals surface area (Å²) in [6, 6.07) is 6.20. The molecule has 13 heavy (non-hydrogen) atoms. The maximum atomic E-state index is 11.6. The van der Waals surface area contributed by atoms with Crippen LogP contribution in [0.15, 0.2) is 18.2 Å². The first-order valence-electron chi connectivity index (χ1n) is 5.01. The van der Waals surface area contributed by atoms with Gasteiger partial charge in [0.05, 0.1) is 0 Å². The van der Waals surface area contributed by atoms with Crippen LogP contribution >= 0.6 is 0 Å². The maximum Gasteiger partial charge on any atom is 0.163 e. The molecular weight excluding hydrogens is 160 g/mol. The van der Waals surface area contributed by atoms with Gasteiger partial charge in [-0.3, -0.25) is 4.79 Å². The second-order valence-corrected chi connectivity index (χ2v) is 4.08. The standard InChI is InChI=1S/C12H12O/c13-11-7-6-9-5-4-8-2-1-3-10(11)12(8)9/h1-3,9H,4-7H2. The molecule has 0 saturated heterocycles. The number of aryl methyl sites for hydroxylation is 1. The van der Waals surface area contributed by atoms with Gasteiger partial charge in [0.2, 0.25) is 0 Å². The van der Waals surface area contributed by atoms with Crippen LogP contribution in [0.2, 0.25) is 0 Å². The lowest BCUT2D eigenvalue weighted by Crippen LogP contribution is -2.13. The van der Waals surface area contributed by atoms with Gasteiger partial charge in [0, 0.05) is 12.0 Å². The summed E-state index contributed by atoms with van der Waals surface area (Å²) in [6.07, 6.45) is 4.30. The minimum Gasteiger partial charge on any atom is -0.294 e. The minimum atomic E-state index is 0.356. The van der Waals surface area contributed by atoms with Crippen molar-refractivity contribution in [2.45, 2.75) is 31.6 Å². The summed E-state index contributed by atoms with van der Waals surface area (Å²) in [7, 11) is 0. The number of Topliss-reactive ketones (excluding diaryl/α,β-unsaturated/α-hetero) is 1. The zero-order chi connectivity index (χ0) is 8.84. The molecule has 0 aromatic heterocycles. The Morgan fingerprint density at radius 2 is 2.00 bits per heavy atom. The number of hydrogen-bond donors (Lipinski definition) is 0. The summed E-state index contributed by atoms with van der Waals surface area (Å²) < 4.78 is 0. The fourth-order valence-corrected chi connectivity index (χ4v) is 2.76. The molecule has 0 bridgehead atoms. The largest absolute Gasteiger partial charge is 0.294 e. The molecule has 66 valence electrons. The first-order valence-corrected chi connectivity index (χ1v) is 5.01. The van der Waals surface area contributed by atoms with Crippen LogP contribution in [0.3, 0.4) is 0 Å². The first-order chi connectivity index (χ1) is 6.36. The summed E-state index contributed by atoms with van der Waals surface area (Å²) in [5.74, 6) is 1.05. The molecule has 1 nitrogen and oxygen atoms in total. The van der Waals surface area contributed by atoms with Crippen molar-refractivity contribution in [3.63, 3.8) is 0 Å². The summed E-state index contributed by atoms with van der Waals surface area (Å²) >= 11 is 0. The Kier molecular flexibility index (Phi) is 1.37. The molecule has 2 aliphatic rings. The highest BCUT2D eigenvalue weighted by Crippen LogP contribution is 2.42. The molecule has 3 rings (SSSR count). The predicted octanol–water partition coefficient (Wildman–Crippen LogP) is 2.69. The molecule has 0 spiro atoms. The SMILES string of the molecule is O=C1CCC2CCc3cccc1c32. The number of carbonyl (C=O) groups is 1. The normalized spacial score (nSPS) is 24.6. The van der Waals surface area contributed by atoms with Crippen molar-refractivity contribution in [2.24, 2.45) is 0 Å². The number of carbonyl (C=O) groups excluding carboxylic acids is 1. The molecule has 0 amide bonds. The summed E-state index contributed by atoms with van der Waals surface area (Å²) in [5.41, 5.74) is 3.83. The van der Waals surface area contributed by atoms with Gasteiger partial charge >= 0.3 is 0 Å². The summed E-state index contributed by atoms with van der Waals surface area (Å²) in [5, 5.41) is 0. The Bertz CT molecular complexity index is 379. The quantitative estimate of drug-likeness (QED) is 0.588. The first kappa shape index (κ1) is 7.31. The average molecular weight is 172 g/mol. The second-order valence-electron chi connectivity index (χ2n) is 4.08. The molecule has 1 unspecified atom stereocenters. The minimum absolute atomic E-state index is 0.356. The average Bonchev–Trinajstić information content (AvgIpc) is 2.57. The van der Waals surface area contributed by atoms with E-state index < -0.39 is 0 Å². The van der Waals surface area contributed by atoms with E-state index in [-0.39, 0.29) is 0 Å². The molecule has 0 saturated carbocycles. The monoisotopic (exact) mass is 172 g/mol. The maximum absolute atomic E-state index is 11.6. The van der Waals surface area contributed by atoms with E-state index in [1.54, 1.807) is 0 Å². The van der Waals surface area contributed by atoms with E-state index in [4.69, 9.17) is 0 Å². The number of hydrogen-bond acceptors (Lipinski definition) is 1. The zero-order valence-electron chi connectivity index (χ0n) is 7.55. The Hall–Kier alpha value is -1.11. The van der Waals surface area contributed by atoms with Gasteiger partial charge in [0.1, 0.15) is 0 Å². The van der Waals surface area contributed by atoms with Gasteiger partial charge in [-0.05, 0) is 36.3 Å². The van der Waals surface area contributed by atoms with Crippen LogP contribution in [0.1, 0.15) is 46.7 Å². The molecule has 1 heteroatoms. The molecule has 1 aromatic rings. The predicted molar refractivity (Wildman–Crippen MR) is 51.1 cm³/mol. The van der Waals surface area contributed by atoms with E-state index in [1.807, 2.05) is 12.1 Å². The lowest BCUT2D eigenvalue weighted by molar-refractivity contribution is 0.0967. The van der Waals surface area contributed by atoms with E-state index in [2.05, 4.69) is 6.07 Å². The third-order valence-electron chi connectivity index (χ3n) is 3.39. The molecular formula is C12H12O. The number of rotatable bonds is 0. The van der Waals surface area contributed by atoms with Crippen LogP contribution in [0.4, 0.5) is 0 Å². The Morgan fingerprint density at radius 3 is 2.92 bits per heavy atom. The van der Waals surface area contributed by atoms with Crippen molar-refractivity contribution in [1.82, 2.24) is 0 Å². The van der Waals surface area contributed by atoms with Crippen LogP contribution < -0.4 is 0 Å². The van der Waals surface area contributed by atoms with Gasteiger partial charge in [-0.1, -0.05) is 18.2 Å². The Morgan fingerprint density at radius 1 is 1.15 bits per heavy atom. The lowest BCUT2D eigenvalue weighted by Gasteiger charge is -2.20. The Balaban J connectivity index is 2.28. The fraction of sp³-hybridized carbons (Fsp3) is 0.417. The van der Waals surface area contributed by atoms with E-state index >= 15 is 0 Å². The molecule has 0 N–H and O–H groups in total. The molecule has 0 fully saturated rings.